The minimum atomic E-state index is -0.898. The fourth-order valence-corrected chi connectivity index (χ4v) is 3.91. The summed E-state index contributed by atoms with van der Waals surface area (Å²) in [5.74, 6) is -1.48. The molecule has 6 heteroatoms. The van der Waals surface area contributed by atoms with E-state index in [0.717, 1.165) is 5.56 Å². The van der Waals surface area contributed by atoms with Gasteiger partial charge in [-0.25, -0.2) is 0 Å². The third-order valence-corrected chi connectivity index (χ3v) is 5.01. The maximum atomic E-state index is 12.4. The van der Waals surface area contributed by atoms with Crippen LogP contribution < -0.4 is 0 Å². The van der Waals surface area contributed by atoms with Crippen LogP contribution in [0.5, 0.6) is 0 Å². The van der Waals surface area contributed by atoms with E-state index in [-0.39, 0.29) is 24.5 Å². The molecule has 1 aliphatic carbocycles. The van der Waals surface area contributed by atoms with E-state index in [4.69, 9.17) is 9.47 Å². The van der Waals surface area contributed by atoms with Gasteiger partial charge >= 0.3 is 11.9 Å². The first kappa shape index (κ1) is 15.8. The molecule has 1 fully saturated rings. The van der Waals surface area contributed by atoms with Crippen LogP contribution in [0, 0.1) is 5.92 Å². The molecule has 0 saturated heterocycles. The Morgan fingerprint density at radius 1 is 1.33 bits per heavy atom. The van der Waals surface area contributed by atoms with Crippen LogP contribution in [0.2, 0.25) is 0 Å². The zero-order chi connectivity index (χ0) is 15.5. The number of pyridine rings is 1. The van der Waals surface area contributed by atoms with Gasteiger partial charge in [0.05, 0.1) is 19.1 Å². The average Bonchev–Trinajstić information content (AvgIpc) is 3.19. The maximum absolute atomic E-state index is 12.4. The van der Waals surface area contributed by atoms with Gasteiger partial charge in [0.2, 0.25) is 0 Å². The van der Waals surface area contributed by atoms with Crippen LogP contribution in [0.1, 0.15) is 25.3 Å². The number of hydrogen-bond acceptors (Lipinski definition) is 6. The van der Waals surface area contributed by atoms with Gasteiger partial charge < -0.3 is 9.47 Å². The Morgan fingerprint density at radius 3 is 2.57 bits per heavy atom. The molecular weight excluding hydrogens is 290 g/mol. The minimum Gasteiger partial charge on any atom is -0.466 e. The van der Waals surface area contributed by atoms with Gasteiger partial charge in [-0.2, -0.15) is 0 Å². The highest BCUT2D eigenvalue weighted by Crippen LogP contribution is 2.65. The Morgan fingerprint density at radius 2 is 2.05 bits per heavy atom. The molecule has 0 aliphatic heterocycles. The summed E-state index contributed by atoms with van der Waals surface area (Å²) < 4.78 is 9.41. The molecule has 0 amide bonds. The zero-order valence-electron chi connectivity index (χ0n) is 12.4. The lowest BCUT2D eigenvalue weighted by molar-refractivity contribution is -0.149. The first-order valence-corrected chi connectivity index (χ1v) is 8.14. The predicted molar refractivity (Wildman–Crippen MR) is 80.0 cm³/mol. The highest BCUT2D eigenvalue weighted by molar-refractivity contribution is 8.01. The molecule has 1 aliphatic rings. The average molecular weight is 309 g/mol. The fourth-order valence-electron chi connectivity index (χ4n) is 2.74. The van der Waals surface area contributed by atoms with E-state index < -0.39 is 10.7 Å². The van der Waals surface area contributed by atoms with Crippen LogP contribution in [0.4, 0.5) is 0 Å². The van der Waals surface area contributed by atoms with E-state index in [1.54, 1.807) is 32.3 Å². The maximum Gasteiger partial charge on any atom is 0.323 e. The smallest absolute Gasteiger partial charge is 0.323 e. The second-order valence-electron chi connectivity index (χ2n) is 4.71. The quantitative estimate of drug-likeness (QED) is 0.749. The van der Waals surface area contributed by atoms with Crippen molar-refractivity contribution in [3.8, 4) is 0 Å². The fraction of sp³-hybridized carbons (Fsp3) is 0.533. The Labute approximate surface area is 128 Å². The summed E-state index contributed by atoms with van der Waals surface area (Å²) >= 11 is 1.35. The van der Waals surface area contributed by atoms with Gasteiger partial charge in [0.1, 0.15) is 4.75 Å². The number of nitrogens with zero attached hydrogens (tertiary/aromatic N) is 1. The lowest BCUT2D eigenvalue weighted by atomic mass is 10.1. The second kappa shape index (κ2) is 6.47. The summed E-state index contributed by atoms with van der Waals surface area (Å²) in [6.07, 6.45) is 5.17. The number of esters is 2. The molecular formula is C15H19NO4S. The largest absolute Gasteiger partial charge is 0.466 e. The topological polar surface area (TPSA) is 65.5 Å². The van der Waals surface area contributed by atoms with E-state index in [1.165, 1.54) is 11.8 Å². The summed E-state index contributed by atoms with van der Waals surface area (Å²) in [5, 5.41) is 0. The number of carbonyl (C=O) groups is 2. The van der Waals surface area contributed by atoms with E-state index >= 15 is 0 Å². The Bertz CT molecular complexity index is 522. The van der Waals surface area contributed by atoms with Crippen LogP contribution in [0.15, 0.2) is 24.5 Å². The summed E-state index contributed by atoms with van der Waals surface area (Å²) in [7, 11) is 0. The van der Waals surface area contributed by atoms with Gasteiger partial charge in [0.15, 0.2) is 0 Å². The summed E-state index contributed by atoms with van der Waals surface area (Å²) in [5.41, 5.74) is 0.859. The van der Waals surface area contributed by atoms with Crippen LogP contribution in [-0.2, 0) is 19.1 Å². The highest BCUT2D eigenvalue weighted by atomic mass is 32.2. The molecule has 5 nitrogen and oxygen atoms in total. The molecule has 0 unspecified atom stereocenters. The first-order valence-electron chi connectivity index (χ1n) is 6.92. The van der Waals surface area contributed by atoms with Crippen LogP contribution >= 0.6 is 11.8 Å². The molecule has 1 heterocycles. The van der Waals surface area contributed by atoms with Gasteiger partial charge in [0, 0.05) is 18.3 Å². The second-order valence-corrected chi connectivity index (χ2v) is 5.80. The van der Waals surface area contributed by atoms with Crippen molar-refractivity contribution in [1.82, 2.24) is 4.98 Å². The number of aromatic nitrogens is 1. The minimum absolute atomic E-state index is 0.251. The Hall–Kier alpha value is -1.56. The molecule has 0 N–H and O–H groups in total. The van der Waals surface area contributed by atoms with Crippen molar-refractivity contribution >= 4 is 23.7 Å². The van der Waals surface area contributed by atoms with Gasteiger partial charge in [-0.3, -0.25) is 14.6 Å². The number of carbonyl (C=O) groups excluding carboxylic acids is 2. The normalized spacial score (nSPS) is 27.0. The van der Waals surface area contributed by atoms with Gasteiger partial charge in [-0.1, -0.05) is 6.07 Å². The third-order valence-electron chi connectivity index (χ3n) is 3.66. The molecule has 1 aromatic heterocycles. The van der Waals surface area contributed by atoms with E-state index in [2.05, 4.69) is 4.98 Å². The lowest BCUT2D eigenvalue weighted by Gasteiger charge is -2.13. The molecule has 0 bridgehead atoms. The number of thioether (sulfide) groups is 1. The third kappa shape index (κ3) is 2.64. The SMILES string of the molecule is CCOC(=O)[C@@H]1[C@@H](c2cccnc2)[C@@]1(SC)C(=O)OCC. The highest BCUT2D eigenvalue weighted by Gasteiger charge is 2.75. The summed E-state index contributed by atoms with van der Waals surface area (Å²) in [6, 6.07) is 3.67. The number of ether oxygens (including phenoxy) is 2. The van der Waals surface area contributed by atoms with Crippen LogP contribution in [0.3, 0.4) is 0 Å². The summed E-state index contributed by atoms with van der Waals surface area (Å²) in [6.45, 7) is 4.09. The molecule has 0 aromatic carbocycles. The van der Waals surface area contributed by atoms with Crippen molar-refractivity contribution < 1.29 is 19.1 Å². The van der Waals surface area contributed by atoms with Gasteiger partial charge in [-0.05, 0) is 31.7 Å². The van der Waals surface area contributed by atoms with Crippen molar-refractivity contribution in [2.24, 2.45) is 5.92 Å². The lowest BCUT2D eigenvalue weighted by Crippen LogP contribution is -2.28. The molecule has 114 valence electrons. The Kier molecular flexibility index (Phi) is 4.88. The molecule has 1 aromatic rings. The zero-order valence-corrected chi connectivity index (χ0v) is 13.2. The molecule has 2 rings (SSSR count). The molecule has 3 atom stereocenters. The van der Waals surface area contributed by atoms with E-state index in [9.17, 15) is 9.59 Å². The van der Waals surface area contributed by atoms with Crippen molar-refractivity contribution in [2.45, 2.75) is 24.5 Å². The molecule has 21 heavy (non-hydrogen) atoms. The van der Waals surface area contributed by atoms with Crippen molar-refractivity contribution in [2.75, 3.05) is 19.5 Å². The first-order chi connectivity index (χ1) is 10.1. The standard InChI is InChI=1S/C15H19NO4S/c1-4-19-13(17)12-11(10-7-6-8-16-9-10)15(12,21-3)14(18)20-5-2/h6-9,11-12H,4-5H2,1-3H3/t11-,12+,15+/m1/s1. The van der Waals surface area contributed by atoms with Gasteiger partial charge in [0.25, 0.3) is 0 Å². The monoisotopic (exact) mass is 309 g/mol. The van der Waals surface area contributed by atoms with E-state index in [0.29, 0.717) is 6.61 Å². The molecule has 1 saturated carbocycles. The van der Waals surface area contributed by atoms with Crippen LogP contribution in [-0.4, -0.2) is 41.1 Å². The summed E-state index contributed by atoms with van der Waals surface area (Å²) in [4.78, 5) is 28.7. The van der Waals surface area contributed by atoms with Crippen molar-refractivity contribution in [1.29, 1.82) is 0 Å². The van der Waals surface area contributed by atoms with Crippen molar-refractivity contribution in [3.05, 3.63) is 30.1 Å². The number of rotatable bonds is 6. The molecule has 0 spiro atoms. The number of hydrogen-bond donors (Lipinski definition) is 0. The Balaban J connectivity index is 2.35. The van der Waals surface area contributed by atoms with Gasteiger partial charge in [-0.15, -0.1) is 11.8 Å². The van der Waals surface area contributed by atoms with Crippen LogP contribution in [0.25, 0.3) is 0 Å². The molecule has 0 radical (unpaired) electrons. The predicted octanol–water partition coefficient (Wildman–Crippen LogP) is 2.02. The van der Waals surface area contributed by atoms with Crippen molar-refractivity contribution in [3.63, 3.8) is 0 Å². The van der Waals surface area contributed by atoms with E-state index in [1.807, 2.05) is 12.3 Å².